The molecule has 4 nitrogen and oxygen atoms in total. The van der Waals surface area contributed by atoms with Gasteiger partial charge in [0.25, 0.3) is 0 Å². The fourth-order valence-electron chi connectivity index (χ4n) is 1.89. The van der Waals surface area contributed by atoms with Gasteiger partial charge in [-0.1, -0.05) is 13.8 Å². The topological polar surface area (TPSA) is 51.0 Å². The lowest BCUT2D eigenvalue weighted by molar-refractivity contribution is 0.577. The number of nitrogens with zero attached hydrogens (tertiary/aromatic N) is 2. The molecule has 2 heterocycles. The summed E-state index contributed by atoms with van der Waals surface area (Å²) in [6.45, 7) is 7.13. The second-order valence-corrected chi connectivity index (χ2v) is 5.12. The SMILES string of the molecule is CCNc1ncnc(-c2occc2Br)c1C(C)C. The van der Waals surface area contributed by atoms with Gasteiger partial charge in [0.05, 0.1) is 10.7 Å². The third-order valence-corrected chi connectivity index (χ3v) is 3.26. The van der Waals surface area contributed by atoms with E-state index in [2.05, 4.69) is 52.0 Å². The lowest BCUT2D eigenvalue weighted by Crippen LogP contribution is -2.07. The molecule has 96 valence electrons. The zero-order chi connectivity index (χ0) is 13.1. The van der Waals surface area contributed by atoms with Crippen LogP contribution in [0, 0.1) is 0 Å². The number of hydrogen-bond acceptors (Lipinski definition) is 4. The van der Waals surface area contributed by atoms with Crippen molar-refractivity contribution in [1.29, 1.82) is 0 Å². The third kappa shape index (κ3) is 2.41. The van der Waals surface area contributed by atoms with Crippen LogP contribution in [0.4, 0.5) is 5.82 Å². The molecule has 0 saturated heterocycles. The standard InChI is InChI=1S/C13H16BrN3O/c1-4-15-13-10(8(2)3)11(16-7-17-13)12-9(14)5-6-18-12/h5-8H,4H2,1-3H3,(H,15,16,17). The number of anilines is 1. The maximum absolute atomic E-state index is 5.51. The van der Waals surface area contributed by atoms with E-state index in [1.807, 2.05) is 6.07 Å². The molecule has 0 unspecified atom stereocenters. The van der Waals surface area contributed by atoms with Crippen molar-refractivity contribution in [1.82, 2.24) is 9.97 Å². The average Bonchev–Trinajstić information content (AvgIpc) is 2.75. The summed E-state index contributed by atoms with van der Waals surface area (Å²) in [5.74, 6) is 1.94. The zero-order valence-electron chi connectivity index (χ0n) is 10.7. The molecular weight excluding hydrogens is 294 g/mol. The Bertz CT molecular complexity index is 537. The third-order valence-electron chi connectivity index (χ3n) is 2.64. The molecule has 0 spiro atoms. The molecule has 18 heavy (non-hydrogen) atoms. The Balaban J connectivity index is 2.60. The summed E-state index contributed by atoms with van der Waals surface area (Å²) < 4.78 is 6.42. The molecule has 0 amide bonds. The normalized spacial score (nSPS) is 10.9. The van der Waals surface area contributed by atoms with Crippen LogP contribution in [0.1, 0.15) is 32.3 Å². The molecule has 2 rings (SSSR count). The van der Waals surface area contributed by atoms with Gasteiger partial charge < -0.3 is 9.73 Å². The Morgan fingerprint density at radius 1 is 1.39 bits per heavy atom. The lowest BCUT2D eigenvalue weighted by Gasteiger charge is -2.15. The number of hydrogen-bond donors (Lipinski definition) is 1. The van der Waals surface area contributed by atoms with Gasteiger partial charge in [0, 0.05) is 12.1 Å². The van der Waals surface area contributed by atoms with Crippen LogP contribution in [-0.2, 0) is 0 Å². The Hall–Kier alpha value is -1.36. The summed E-state index contributed by atoms with van der Waals surface area (Å²) in [7, 11) is 0. The van der Waals surface area contributed by atoms with Crippen LogP contribution in [0.3, 0.4) is 0 Å². The highest BCUT2D eigenvalue weighted by Gasteiger charge is 2.19. The second kappa shape index (κ2) is 5.52. The van der Waals surface area contributed by atoms with Crippen LogP contribution >= 0.6 is 15.9 Å². The molecule has 0 aliphatic heterocycles. The van der Waals surface area contributed by atoms with Crippen molar-refractivity contribution in [3.8, 4) is 11.5 Å². The maximum atomic E-state index is 5.51. The van der Waals surface area contributed by atoms with E-state index in [1.165, 1.54) is 0 Å². The Kier molecular flexibility index (Phi) is 4.01. The second-order valence-electron chi connectivity index (χ2n) is 4.27. The Morgan fingerprint density at radius 2 is 2.17 bits per heavy atom. The summed E-state index contributed by atoms with van der Waals surface area (Å²) in [5.41, 5.74) is 1.92. The van der Waals surface area contributed by atoms with Crippen LogP contribution in [0.5, 0.6) is 0 Å². The number of rotatable bonds is 4. The van der Waals surface area contributed by atoms with Gasteiger partial charge in [-0.15, -0.1) is 0 Å². The van der Waals surface area contributed by atoms with Crippen LogP contribution in [0.25, 0.3) is 11.5 Å². The largest absolute Gasteiger partial charge is 0.461 e. The number of furan rings is 1. The van der Waals surface area contributed by atoms with Gasteiger partial charge in [0.15, 0.2) is 5.76 Å². The summed E-state index contributed by atoms with van der Waals surface area (Å²) in [4.78, 5) is 8.68. The Labute approximate surface area is 115 Å². The van der Waals surface area contributed by atoms with Crippen LogP contribution < -0.4 is 5.32 Å². The first kappa shape index (κ1) is 13.1. The minimum Gasteiger partial charge on any atom is -0.461 e. The molecule has 0 atom stereocenters. The van der Waals surface area contributed by atoms with E-state index in [9.17, 15) is 0 Å². The van der Waals surface area contributed by atoms with E-state index in [4.69, 9.17) is 4.42 Å². The molecule has 0 fully saturated rings. The van der Waals surface area contributed by atoms with Gasteiger partial charge in [-0.05, 0) is 34.8 Å². The summed E-state index contributed by atoms with van der Waals surface area (Å²) >= 11 is 3.48. The van der Waals surface area contributed by atoms with Crippen molar-refractivity contribution in [3.63, 3.8) is 0 Å². The molecular formula is C13H16BrN3O. The summed E-state index contributed by atoms with van der Waals surface area (Å²) in [6, 6.07) is 1.87. The van der Waals surface area contributed by atoms with Crippen molar-refractivity contribution >= 4 is 21.7 Å². The quantitative estimate of drug-likeness (QED) is 0.925. The maximum Gasteiger partial charge on any atom is 0.166 e. The monoisotopic (exact) mass is 309 g/mol. The minimum atomic E-state index is 0.312. The molecule has 1 N–H and O–H groups in total. The van der Waals surface area contributed by atoms with Crippen molar-refractivity contribution in [3.05, 3.63) is 28.7 Å². The van der Waals surface area contributed by atoms with E-state index in [-0.39, 0.29) is 0 Å². The van der Waals surface area contributed by atoms with Crippen LogP contribution in [0.15, 0.2) is 27.5 Å². The van der Waals surface area contributed by atoms with Crippen LogP contribution in [-0.4, -0.2) is 16.5 Å². The fourth-order valence-corrected chi connectivity index (χ4v) is 2.28. The summed E-state index contributed by atoms with van der Waals surface area (Å²) in [6.07, 6.45) is 3.22. The molecule has 5 heteroatoms. The fraction of sp³-hybridized carbons (Fsp3) is 0.385. The van der Waals surface area contributed by atoms with E-state index in [1.54, 1.807) is 12.6 Å². The predicted molar refractivity (Wildman–Crippen MR) is 75.7 cm³/mol. The smallest absolute Gasteiger partial charge is 0.166 e. The number of halogens is 1. The first-order valence-corrected chi connectivity index (χ1v) is 6.76. The van der Waals surface area contributed by atoms with E-state index >= 15 is 0 Å². The van der Waals surface area contributed by atoms with Crippen molar-refractivity contribution < 1.29 is 4.42 Å². The van der Waals surface area contributed by atoms with Gasteiger partial charge >= 0.3 is 0 Å². The van der Waals surface area contributed by atoms with Crippen LogP contribution in [0.2, 0.25) is 0 Å². The highest BCUT2D eigenvalue weighted by Crippen LogP contribution is 2.35. The first-order chi connectivity index (χ1) is 8.65. The molecule has 0 radical (unpaired) electrons. The van der Waals surface area contributed by atoms with Crippen molar-refractivity contribution in [2.75, 3.05) is 11.9 Å². The van der Waals surface area contributed by atoms with Gasteiger partial charge in [0.2, 0.25) is 0 Å². The first-order valence-electron chi connectivity index (χ1n) is 5.97. The molecule has 0 bridgehead atoms. The number of nitrogens with one attached hydrogen (secondary N) is 1. The average molecular weight is 310 g/mol. The van der Waals surface area contributed by atoms with Gasteiger partial charge in [-0.25, -0.2) is 9.97 Å². The van der Waals surface area contributed by atoms with Crippen molar-refractivity contribution in [2.45, 2.75) is 26.7 Å². The summed E-state index contributed by atoms with van der Waals surface area (Å²) in [5, 5.41) is 3.27. The minimum absolute atomic E-state index is 0.312. The highest BCUT2D eigenvalue weighted by atomic mass is 79.9. The van der Waals surface area contributed by atoms with E-state index in [0.717, 1.165) is 33.9 Å². The van der Waals surface area contributed by atoms with Gasteiger partial charge in [-0.3, -0.25) is 0 Å². The van der Waals surface area contributed by atoms with Gasteiger partial charge in [-0.2, -0.15) is 0 Å². The van der Waals surface area contributed by atoms with Gasteiger partial charge in [0.1, 0.15) is 17.8 Å². The molecule has 2 aromatic rings. The highest BCUT2D eigenvalue weighted by molar-refractivity contribution is 9.10. The van der Waals surface area contributed by atoms with Crippen molar-refractivity contribution in [2.24, 2.45) is 0 Å². The molecule has 0 aromatic carbocycles. The predicted octanol–water partition coefficient (Wildman–Crippen LogP) is 4.05. The van der Waals surface area contributed by atoms with E-state index in [0.29, 0.717) is 5.92 Å². The number of aromatic nitrogens is 2. The van der Waals surface area contributed by atoms with E-state index < -0.39 is 0 Å². The zero-order valence-corrected chi connectivity index (χ0v) is 12.3. The Morgan fingerprint density at radius 3 is 2.72 bits per heavy atom. The molecule has 0 aliphatic carbocycles. The lowest BCUT2D eigenvalue weighted by atomic mass is 10.0. The molecule has 0 aliphatic rings. The molecule has 2 aromatic heterocycles. The molecule has 0 saturated carbocycles.